The number of hydrogen-bond donors (Lipinski definition) is 0. The number of carbonyl (C=O) groups excluding carboxylic acids is 2. The quantitative estimate of drug-likeness (QED) is 0.764. The van der Waals surface area contributed by atoms with Crippen molar-refractivity contribution in [3.05, 3.63) is 51.2 Å². The summed E-state index contributed by atoms with van der Waals surface area (Å²) in [4.78, 5) is 29.2. The molecule has 4 rings (SSSR count). The molecular weight excluding hydrogens is 346 g/mol. The summed E-state index contributed by atoms with van der Waals surface area (Å²) in [5, 5.41) is 0. The molecule has 4 nitrogen and oxygen atoms in total. The van der Waals surface area contributed by atoms with Gasteiger partial charge in [0.05, 0.1) is 0 Å². The van der Waals surface area contributed by atoms with Gasteiger partial charge in [-0.15, -0.1) is 11.3 Å². The fraction of sp³-hybridized carbons (Fsp3) is 0.429. The molecule has 0 fully saturated rings. The number of rotatable bonds is 3. The highest BCUT2D eigenvalue weighted by atomic mass is 32.1. The second kappa shape index (κ2) is 6.88. The van der Waals surface area contributed by atoms with E-state index in [0.717, 1.165) is 30.5 Å². The summed E-state index contributed by atoms with van der Waals surface area (Å²) in [6.45, 7) is 3.70. The minimum atomic E-state index is -0.796. The number of ether oxygens (including phenoxy) is 1. The van der Waals surface area contributed by atoms with Crippen molar-refractivity contribution >= 4 is 28.9 Å². The first-order valence-corrected chi connectivity index (χ1v) is 10.1. The van der Waals surface area contributed by atoms with Gasteiger partial charge >= 0.3 is 5.97 Å². The van der Waals surface area contributed by atoms with Crippen LogP contribution in [0, 0.1) is 0 Å². The van der Waals surface area contributed by atoms with Gasteiger partial charge in [-0.25, -0.2) is 4.79 Å². The summed E-state index contributed by atoms with van der Waals surface area (Å²) in [7, 11) is 0. The maximum atomic E-state index is 12.9. The van der Waals surface area contributed by atoms with Crippen LogP contribution in [0.4, 0.5) is 5.69 Å². The van der Waals surface area contributed by atoms with E-state index in [0.29, 0.717) is 4.88 Å². The van der Waals surface area contributed by atoms with Crippen molar-refractivity contribution < 1.29 is 14.3 Å². The van der Waals surface area contributed by atoms with E-state index in [1.54, 1.807) is 11.8 Å². The highest BCUT2D eigenvalue weighted by Gasteiger charge is 2.34. The molecule has 1 aliphatic carbocycles. The monoisotopic (exact) mass is 369 g/mol. The Balaban J connectivity index is 1.47. The number of esters is 1. The van der Waals surface area contributed by atoms with Gasteiger partial charge in [0.25, 0.3) is 5.91 Å². The lowest BCUT2D eigenvalue weighted by molar-refractivity contribution is -0.126. The molecule has 2 heterocycles. The molecule has 0 saturated carbocycles. The Hall–Kier alpha value is -2.14. The summed E-state index contributed by atoms with van der Waals surface area (Å²) >= 11 is 1.52. The Bertz CT molecular complexity index is 833. The molecule has 1 aliphatic heterocycles. The predicted molar refractivity (Wildman–Crippen MR) is 103 cm³/mol. The van der Waals surface area contributed by atoms with E-state index in [4.69, 9.17) is 4.74 Å². The predicted octanol–water partition coefficient (Wildman–Crippen LogP) is 4.15. The Labute approximate surface area is 157 Å². The van der Waals surface area contributed by atoms with E-state index in [2.05, 4.69) is 0 Å². The first-order valence-electron chi connectivity index (χ1n) is 9.28. The van der Waals surface area contributed by atoms with Gasteiger partial charge in [-0.05, 0) is 69.2 Å². The number of fused-ring (bicyclic) bond motifs is 2. The van der Waals surface area contributed by atoms with Crippen LogP contribution in [0.25, 0.3) is 0 Å². The largest absolute Gasteiger partial charge is 0.448 e. The molecular formula is C21H23NO3S. The van der Waals surface area contributed by atoms with Gasteiger partial charge in [-0.1, -0.05) is 18.2 Å². The molecule has 0 N–H and O–H groups in total. The van der Waals surface area contributed by atoms with Crippen LogP contribution in [0.15, 0.2) is 30.3 Å². The Kier molecular flexibility index (Phi) is 4.57. The van der Waals surface area contributed by atoms with E-state index in [9.17, 15) is 9.59 Å². The summed E-state index contributed by atoms with van der Waals surface area (Å²) in [5.74, 6) is -0.539. The molecule has 2 aliphatic rings. The van der Waals surface area contributed by atoms with Gasteiger partial charge in [0.15, 0.2) is 6.10 Å². The third-order valence-electron chi connectivity index (χ3n) is 5.27. The number of para-hydroxylation sites is 1. The van der Waals surface area contributed by atoms with Crippen molar-refractivity contribution in [3.63, 3.8) is 0 Å². The molecule has 0 spiro atoms. The maximum Gasteiger partial charge on any atom is 0.349 e. The molecule has 136 valence electrons. The molecule has 0 unspecified atom stereocenters. The molecule has 1 aromatic carbocycles. The zero-order chi connectivity index (χ0) is 18.3. The van der Waals surface area contributed by atoms with Crippen LogP contribution in [-0.2, 0) is 28.8 Å². The molecule has 1 aromatic heterocycles. The number of hydrogen-bond acceptors (Lipinski definition) is 4. The average Bonchev–Trinajstić information content (AvgIpc) is 3.21. The highest BCUT2D eigenvalue weighted by Crippen LogP contribution is 2.33. The molecule has 0 radical (unpaired) electrons. The second-order valence-electron chi connectivity index (χ2n) is 7.20. The maximum absolute atomic E-state index is 12.9. The van der Waals surface area contributed by atoms with Gasteiger partial charge in [-0.3, -0.25) is 4.79 Å². The van der Waals surface area contributed by atoms with E-state index in [-0.39, 0.29) is 17.9 Å². The van der Waals surface area contributed by atoms with Crippen LogP contribution in [0.3, 0.4) is 0 Å². The van der Waals surface area contributed by atoms with Crippen LogP contribution in [-0.4, -0.2) is 24.0 Å². The number of thiophene rings is 1. The number of nitrogens with zero attached hydrogens (tertiary/aromatic N) is 1. The third-order valence-corrected chi connectivity index (χ3v) is 6.49. The highest BCUT2D eigenvalue weighted by molar-refractivity contribution is 7.14. The molecule has 1 amide bonds. The minimum absolute atomic E-state index is 0.0788. The van der Waals surface area contributed by atoms with Gasteiger partial charge in [0.1, 0.15) is 4.88 Å². The van der Waals surface area contributed by atoms with Gasteiger partial charge < -0.3 is 9.64 Å². The molecule has 5 heteroatoms. The van der Waals surface area contributed by atoms with Crippen molar-refractivity contribution in [1.29, 1.82) is 0 Å². The van der Waals surface area contributed by atoms with E-state index >= 15 is 0 Å². The van der Waals surface area contributed by atoms with Gasteiger partial charge in [-0.2, -0.15) is 0 Å². The lowest BCUT2D eigenvalue weighted by Crippen LogP contribution is -2.43. The zero-order valence-corrected chi connectivity index (χ0v) is 16.0. The van der Waals surface area contributed by atoms with Crippen molar-refractivity contribution in [3.8, 4) is 0 Å². The Morgan fingerprint density at radius 1 is 1.19 bits per heavy atom. The number of anilines is 1. The smallest absolute Gasteiger partial charge is 0.349 e. The van der Waals surface area contributed by atoms with E-state index in [1.807, 2.05) is 37.3 Å². The fourth-order valence-corrected chi connectivity index (χ4v) is 5.09. The lowest BCUT2D eigenvalue weighted by Gasteiger charge is -2.25. The van der Waals surface area contributed by atoms with Gasteiger partial charge in [0.2, 0.25) is 0 Å². The third kappa shape index (κ3) is 3.05. The van der Waals surface area contributed by atoms with Crippen LogP contribution < -0.4 is 4.90 Å². The topological polar surface area (TPSA) is 46.6 Å². The Morgan fingerprint density at radius 2 is 1.96 bits per heavy atom. The van der Waals surface area contributed by atoms with E-state index < -0.39 is 6.10 Å². The minimum Gasteiger partial charge on any atom is -0.448 e. The normalized spacial score (nSPS) is 19.6. The van der Waals surface area contributed by atoms with Crippen molar-refractivity contribution in [1.82, 2.24) is 0 Å². The summed E-state index contributed by atoms with van der Waals surface area (Å²) in [6, 6.07) is 9.96. The molecule has 0 bridgehead atoms. The second-order valence-corrected chi connectivity index (χ2v) is 8.34. The molecule has 0 saturated heterocycles. The van der Waals surface area contributed by atoms with Crippen molar-refractivity contribution in [2.45, 2.75) is 58.1 Å². The van der Waals surface area contributed by atoms with Crippen molar-refractivity contribution in [2.75, 3.05) is 4.90 Å². The number of amides is 1. The van der Waals surface area contributed by atoms with Crippen LogP contribution in [0.5, 0.6) is 0 Å². The first kappa shape index (κ1) is 17.3. The Morgan fingerprint density at radius 3 is 2.77 bits per heavy atom. The number of carbonyl (C=O) groups is 2. The lowest BCUT2D eigenvalue weighted by atomic mass is 9.99. The molecule has 26 heavy (non-hydrogen) atoms. The van der Waals surface area contributed by atoms with Crippen LogP contribution >= 0.6 is 11.3 Å². The van der Waals surface area contributed by atoms with Crippen LogP contribution in [0.1, 0.15) is 52.4 Å². The number of benzene rings is 1. The van der Waals surface area contributed by atoms with Crippen molar-refractivity contribution in [2.24, 2.45) is 0 Å². The summed E-state index contributed by atoms with van der Waals surface area (Å²) < 4.78 is 5.53. The fourth-order valence-electron chi connectivity index (χ4n) is 3.96. The summed E-state index contributed by atoms with van der Waals surface area (Å²) in [6.07, 6.45) is 4.48. The average molecular weight is 369 g/mol. The SMILES string of the molecule is C[C@H](OC(=O)c1cc2c(s1)CCCC2)C(=O)N1c2ccccc2C[C@@H]1C. The molecule has 2 aromatic rings. The zero-order valence-electron chi connectivity index (χ0n) is 15.2. The standard InChI is InChI=1S/C21H23NO3S/c1-13-11-15-7-3-5-9-17(15)22(13)20(23)14(2)25-21(24)19-12-16-8-4-6-10-18(16)26-19/h3,5,7,9,12-14H,4,6,8,10-11H2,1-2H3/t13-,14-/m0/s1. The summed E-state index contributed by atoms with van der Waals surface area (Å²) in [5.41, 5.74) is 3.37. The molecule has 2 atom stereocenters. The van der Waals surface area contributed by atoms with Gasteiger partial charge in [0, 0.05) is 16.6 Å². The first-order chi connectivity index (χ1) is 12.5. The number of aryl methyl sites for hydroxylation is 2. The van der Waals surface area contributed by atoms with Crippen LogP contribution in [0.2, 0.25) is 0 Å². The van der Waals surface area contributed by atoms with E-state index in [1.165, 1.54) is 34.6 Å².